The number of aromatic nitrogens is 3. The average molecular weight is 424 g/mol. The number of rotatable bonds is 8. The largest absolute Gasteiger partial charge is 0.338 e. The fraction of sp³-hybridized carbons (Fsp3) is 0.182. The normalized spacial score (nSPS) is 11.0. The highest BCUT2D eigenvalue weighted by atomic mass is 32.2. The summed E-state index contributed by atoms with van der Waals surface area (Å²) in [7, 11) is 0. The first-order valence-electron chi connectivity index (χ1n) is 9.30. The van der Waals surface area contributed by atoms with Gasteiger partial charge in [0.05, 0.1) is 11.4 Å². The van der Waals surface area contributed by atoms with Crippen molar-refractivity contribution in [1.82, 2.24) is 15.0 Å². The molecule has 0 bridgehead atoms. The van der Waals surface area contributed by atoms with Gasteiger partial charge >= 0.3 is 0 Å². The van der Waals surface area contributed by atoms with Crippen LogP contribution in [-0.4, -0.2) is 39.1 Å². The highest BCUT2D eigenvalue weighted by Crippen LogP contribution is 2.32. The molecule has 1 aromatic carbocycles. The number of H-pyrrole nitrogens is 1. The van der Waals surface area contributed by atoms with E-state index in [9.17, 15) is 9.18 Å². The van der Waals surface area contributed by atoms with Gasteiger partial charge in [-0.3, -0.25) is 4.79 Å². The quantitative estimate of drug-likeness (QED) is 0.447. The number of anilines is 1. The van der Waals surface area contributed by atoms with Gasteiger partial charge < -0.3 is 15.7 Å². The second-order valence-electron chi connectivity index (χ2n) is 6.56. The van der Waals surface area contributed by atoms with Gasteiger partial charge in [0.2, 0.25) is 5.91 Å². The van der Waals surface area contributed by atoms with Crippen LogP contribution in [0, 0.1) is 18.2 Å². The maximum absolute atomic E-state index is 13.8. The summed E-state index contributed by atoms with van der Waals surface area (Å²) in [6.45, 7) is 1.70. The van der Waals surface area contributed by atoms with Crippen LogP contribution in [-0.2, 0) is 4.79 Å². The van der Waals surface area contributed by atoms with Gasteiger partial charge in [-0.1, -0.05) is 0 Å². The van der Waals surface area contributed by atoms with Crippen LogP contribution in [0.25, 0.3) is 28.6 Å². The van der Waals surface area contributed by atoms with Crippen molar-refractivity contribution in [3.63, 3.8) is 0 Å². The number of allylic oxidation sites excluding steroid dienone is 1. The van der Waals surface area contributed by atoms with Crippen molar-refractivity contribution in [2.24, 2.45) is 0 Å². The molecular formula is C22H22FN5OS. The van der Waals surface area contributed by atoms with Crippen LogP contribution in [0.1, 0.15) is 17.8 Å². The number of benzene rings is 1. The number of amides is 1. The van der Waals surface area contributed by atoms with E-state index in [1.165, 1.54) is 12.3 Å². The number of thioether (sulfide) groups is 1. The molecule has 0 spiro atoms. The minimum absolute atomic E-state index is 0.0948. The Morgan fingerprint density at radius 2 is 2.13 bits per heavy atom. The van der Waals surface area contributed by atoms with Gasteiger partial charge in [-0.25, -0.2) is 14.4 Å². The van der Waals surface area contributed by atoms with Crippen LogP contribution in [0.5, 0.6) is 0 Å². The van der Waals surface area contributed by atoms with Crippen molar-refractivity contribution in [1.29, 1.82) is 5.41 Å². The highest BCUT2D eigenvalue weighted by molar-refractivity contribution is 7.98. The fourth-order valence-corrected chi connectivity index (χ4v) is 3.26. The predicted octanol–water partition coefficient (Wildman–Crippen LogP) is 4.94. The Morgan fingerprint density at radius 1 is 1.30 bits per heavy atom. The number of hydrogen-bond donors (Lipinski definition) is 3. The zero-order chi connectivity index (χ0) is 21.5. The molecule has 0 atom stereocenters. The SMILES string of the molecule is CSCCC(=O)Nc1cc(-c2[nH]c(/C=C\C=N)nc2-c2ccc(F)c(C)c2)ccn1. The van der Waals surface area contributed by atoms with Gasteiger partial charge in [0.25, 0.3) is 0 Å². The van der Waals surface area contributed by atoms with Crippen LogP contribution in [0.3, 0.4) is 0 Å². The maximum Gasteiger partial charge on any atom is 0.226 e. The van der Waals surface area contributed by atoms with E-state index in [4.69, 9.17) is 5.41 Å². The summed E-state index contributed by atoms with van der Waals surface area (Å²) in [6.07, 6.45) is 8.39. The molecule has 3 aromatic rings. The molecule has 154 valence electrons. The van der Waals surface area contributed by atoms with Crippen molar-refractivity contribution in [3.8, 4) is 22.5 Å². The molecule has 30 heavy (non-hydrogen) atoms. The Balaban J connectivity index is 2.02. The number of aromatic amines is 1. The number of nitrogens with zero attached hydrogens (tertiary/aromatic N) is 2. The Bertz CT molecular complexity index is 1090. The second-order valence-corrected chi connectivity index (χ2v) is 7.54. The summed E-state index contributed by atoms with van der Waals surface area (Å²) in [4.78, 5) is 24.1. The Labute approximate surface area is 178 Å². The van der Waals surface area contributed by atoms with Crippen molar-refractivity contribution in [2.75, 3.05) is 17.3 Å². The number of aryl methyl sites for hydroxylation is 1. The molecule has 0 aliphatic heterocycles. The summed E-state index contributed by atoms with van der Waals surface area (Å²) in [5, 5.41) is 10.0. The number of carbonyl (C=O) groups is 1. The fourth-order valence-electron chi connectivity index (χ4n) is 2.87. The summed E-state index contributed by atoms with van der Waals surface area (Å²) >= 11 is 1.61. The molecule has 0 fully saturated rings. The van der Waals surface area contributed by atoms with E-state index in [-0.39, 0.29) is 11.7 Å². The van der Waals surface area contributed by atoms with E-state index >= 15 is 0 Å². The molecule has 0 aliphatic carbocycles. The predicted molar refractivity (Wildman–Crippen MR) is 121 cm³/mol. The van der Waals surface area contributed by atoms with Crippen LogP contribution in [0.4, 0.5) is 10.2 Å². The van der Waals surface area contributed by atoms with Crippen molar-refractivity contribution in [3.05, 3.63) is 59.8 Å². The Hall–Kier alpha value is -3.26. The average Bonchev–Trinajstić information content (AvgIpc) is 3.17. The molecule has 0 saturated heterocycles. The number of pyridine rings is 1. The highest BCUT2D eigenvalue weighted by Gasteiger charge is 2.15. The van der Waals surface area contributed by atoms with Gasteiger partial charge in [-0.2, -0.15) is 11.8 Å². The van der Waals surface area contributed by atoms with Gasteiger partial charge in [0.15, 0.2) is 0 Å². The van der Waals surface area contributed by atoms with Gasteiger partial charge in [0.1, 0.15) is 17.5 Å². The topological polar surface area (TPSA) is 94.5 Å². The number of imidazole rings is 1. The van der Waals surface area contributed by atoms with E-state index in [1.54, 1.807) is 55.2 Å². The lowest BCUT2D eigenvalue weighted by atomic mass is 10.0. The molecular weight excluding hydrogens is 401 g/mol. The van der Waals surface area contributed by atoms with E-state index in [0.717, 1.165) is 16.9 Å². The smallest absolute Gasteiger partial charge is 0.226 e. The van der Waals surface area contributed by atoms with Crippen molar-refractivity contribution in [2.45, 2.75) is 13.3 Å². The molecule has 6 nitrogen and oxygen atoms in total. The van der Waals surface area contributed by atoms with Crippen LogP contribution in [0.15, 0.2) is 42.6 Å². The minimum Gasteiger partial charge on any atom is -0.338 e. The Kier molecular flexibility index (Phi) is 7.13. The van der Waals surface area contributed by atoms with E-state index in [0.29, 0.717) is 35.0 Å². The molecule has 0 radical (unpaired) electrons. The summed E-state index contributed by atoms with van der Waals surface area (Å²) < 4.78 is 13.8. The van der Waals surface area contributed by atoms with Crippen LogP contribution >= 0.6 is 11.8 Å². The molecule has 0 aliphatic rings. The van der Waals surface area contributed by atoms with Crippen molar-refractivity contribution < 1.29 is 9.18 Å². The molecule has 3 rings (SSSR count). The third-order valence-electron chi connectivity index (χ3n) is 4.35. The van der Waals surface area contributed by atoms with Crippen LogP contribution in [0.2, 0.25) is 0 Å². The standard InChI is InChI=1S/C22H22FN5OS/c1-14-12-15(5-6-17(14)23)21-22(28-18(27-21)4-3-9-24)16-7-10-25-19(13-16)26-20(29)8-11-30-2/h3-7,9-10,12-13,24H,8,11H2,1-2H3,(H,27,28)(H,25,26,29)/b4-3-,24-9?. The lowest BCUT2D eigenvalue weighted by molar-refractivity contribution is -0.115. The zero-order valence-corrected chi connectivity index (χ0v) is 17.5. The molecule has 1 amide bonds. The molecule has 0 unspecified atom stereocenters. The monoisotopic (exact) mass is 423 g/mol. The molecule has 8 heteroatoms. The molecule has 3 N–H and O–H groups in total. The summed E-state index contributed by atoms with van der Waals surface area (Å²) in [5.41, 5.74) is 3.43. The lowest BCUT2D eigenvalue weighted by Crippen LogP contribution is -2.13. The van der Waals surface area contributed by atoms with E-state index in [1.807, 2.05) is 12.3 Å². The summed E-state index contributed by atoms with van der Waals surface area (Å²) in [5.74, 6) is 1.38. The first-order valence-corrected chi connectivity index (χ1v) is 10.7. The number of halogens is 1. The second kappa shape index (κ2) is 9.98. The zero-order valence-electron chi connectivity index (χ0n) is 16.7. The summed E-state index contributed by atoms with van der Waals surface area (Å²) in [6, 6.07) is 8.42. The van der Waals surface area contributed by atoms with Crippen molar-refractivity contribution >= 4 is 35.8 Å². The van der Waals surface area contributed by atoms with Gasteiger partial charge in [0, 0.05) is 35.7 Å². The minimum atomic E-state index is -0.279. The molecule has 2 heterocycles. The van der Waals surface area contributed by atoms with E-state index < -0.39 is 0 Å². The molecule has 2 aromatic heterocycles. The maximum atomic E-state index is 13.8. The lowest BCUT2D eigenvalue weighted by Gasteiger charge is -2.08. The first kappa shape index (κ1) is 21.4. The molecule has 0 saturated carbocycles. The first-order chi connectivity index (χ1) is 14.5. The number of nitrogens with one attached hydrogen (secondary N) is 3. The van der Waals surface area contributed by atoms with Gasteiger partial charge in [-0.15, -0.1) is 0 Å². The van der Waals surface area contributed by atoms with E-state index in [2.05, 4.69) is 20.3 Å². The third kappa shape index (κ3) is 5.21. The number of hydrogen-bond acceptors (Lipinski definition) is 5. The number of carbonyl (C=O) groups excluding carboxylic acids is 1. The van der Waals surface area contributed by atoms with Gasteiger partial charge in [-0.05, 0) is 61.2 Å². The van der Waals surface area contributed by atoms with Crippen LogP contribution < -0.4 is 5.32 Å². The third-order valence-corrected chi connectivity index (χ3v) is 4.97. The Morgan fingerprint density at radius 3 is 2.87 bits per heavy atom.